The van der Waals surface area contributed by atoms with E-state index < -0.39 is 5.25 Å². The van der Waals surface area contributed by atoms with Crippen LogP contribution in [0.2, 0.25) is 0 Å². The first-order valence-corrected chi connectivity index (χ1v) is 9.87. The molecule has 1 atom stereocenters. The number of carbonyl (C=O) groups excluding carboxylic acids is 3. The van der Waals surface area contributed by atoms with Crippen LogP contribution in [0.3, 0.4) is 0 Å². The summed E-state index contributed by atoms with van der Waals surface area (Å²) < 4.78 is 15.6. The van der Waals surface area contributed by atoms with Gasteiger partial charge in [0.1, 0.15) is 11.3 Å². The number of nitrogens with zero attached hydrogens (tertiary/aromatic N) is 1. The minimum Gasteiger partial charge on any atom is -0.496 e. The molecule has 30 heavy (non-hydrogen) atoms. The number of carbonyl (C=O) groups is 3. The number of nitrogens with one attached hydrogen (secondary N) is 2. The normalized spacial score (nSPS) is 15.5. The molecule has 0 aliphatic carbocycles. The van der Waals surface area contributed by atoms with Crippen LogP contribution in [0.5, 0.6) is 17.5 Å². The van der Waals surface area contributed by atoms with Gasteiger partial charge in [0.25, 0.3) is 11.1 Å². The molecular weight excluding hydrogens is 410 g/mol. The van der Waals surface area contributed by atoms with E-state index in [1.807, 2.05) is 12.1 Å². The fourth-order valence-corrected chi connectivity index (χ4v) is 3.83. The zero-order chi connectivity index (χ0) is 21.7. The molecule has 1 aliphatic rings. The van der Waals surface area contributed by atoms with Crippen molar-refractivity contribution in [2.24, 2.45) is 0 Å². The van der Waals surface area contributed by atoms with Gasteiger partial charge in [0, 0.05) is 18.2 Å². The summed E-state index contributed by atoms with van der Waals surface area (Å²) in [6.45, 7) is 0.188. The van der Waals surface area contributed by atoms with Crippen molar-refractivity contribution >= 4 is 28.8 Å². The Morgan fingerprint density at radius 3 is 2.57 bits per heavy atom. The van der Waals surface area contributed by atoms with Gasteiger partial charge < -0.3 is 19.5 Å². The Morgan fingerprint density at radius 1 is 1.13 bits per heavy atom. The van der Waals surface area contributed by atoms with E-state index in [9.17, 15) is 14.4 Å². The molecule has 2 heterocycles. The number of methoxy groups -OCH3 is 3. The number of amides is 3. The van der Waals surface area contributed by atoms with Crippen molar-refractivity contribution < 1.29 is 28.6 Å². The number of pyridine rings is 1. The molecule has 1 fully saturated rings. The van der Waals surface area contributed by atoms with Crippen molar-refractivity contribution in [1.82, 2.24) is 15.6 Å². The van der Waals surface area contributed by atoms with E-state index in [-0.39, 0.29) is 35.0 Å². The number of aromatic nitrogens is 1. The number of ether oxygens (including phenoxy) is 3. The Morgan fingerprint density at radius 2 is 1.93 bits per heavy atom. The number of rotatable bonds is 8. The van der Waals surface area contributed by atoms with E-state index in [0.717, 1.165) is 22.9 Å². The summed E-state index contributed by atoms with van der Waals surface area (Å²) >= 11 is 0.975. The SMILES string of the molecule is COc1ccc(C(=O)NCc2cc(CC3SC(=O)NC3=O)ccc2OC)c(OC)n1. The third kappa shape index (κ3) is 4.82. The maximum Gasteiger partial charge on any atom is 0.286 e. The van der Waals surface area contributed by atoms with E-state index in [4.69, 9.17) is 14.2 Å². The van der Waals surface area contributed by atoms with E-state index in [2.05, 4.69) is 15.6 Å². The Hall–Kier alpha value is -3.27. The maximum atomic E-state index is 12.6. The van der Waals surface area contributed by atoms with Gasteiger partial charge in [0.15, 0.2) is 0 Å². The highest BCUT2D eigenvalue weighted by atomic mass is 32.2. The van der Waals surface area contributed by atoms with Gasteiger partial charge >= 0.3 is 0 Å². The summed E-state index contributed by atoms with van der Waals surface area (Å²) in [6.07, 6.45) is 0.392. The number of hydrogen-bond acceptors (Lipinski definition) is 8. The molecule has 2 aromatic rings. The monoisotopic (exact) mass is 431 g/mol. The van der Waals surface area contributed by atoms with Crippen LogP contribution in [0.25, 0.3) is 0 Å². The van der Waals surface area contributed by atoms with Crippen molar-refractivity contribution in [2.45, 2.75) is 18.2 Å². The van der Waals surface area contributed by atoms with Crippen molar-refractivity contribution in [2.75, 3.05) is 21.3 Å². The topological polar surface area (TPSA) is 116 Å². The number of benzene rings is 1. The first kappa shape index (κ1) is 21.4. The molecule has 3 amide bonds. The number of hydrogen-bond donors (Lipinski definition) is 2. The van der Waals surface area contributed by atoms with Gasteiger partial charge in [-0.15, -0.1) is 0 Å². The van der Waals surface area contributed by atoms with Crippen LogP contribution in [0, 0.1) is 0 Å². The van der Waals surface area contributed by atoms with E-state index in [0.29, 0.717) is 18.1 Å². The second-order valence-corrected chi connectivity index (χ2v) is 7.50. The lowest BCUT2D eigenvalue weighted by Crippen LogP contribution is -2.25. The average Bonchev–Trinajstić information content (AvgIpc) is 3.07. The molecule has 10 heteroatoms. The van der Waals surface area contributed by atoms with Crippen molar-refractivity contribution in [3.05, 3.63) is 47.0 Å². The molecule has 1 aromatic heterocycles. The standard InChI is InChI=1S/C20H21N3O6S/c1-27-14-6-4-11(9-15-18(25)23-20(26)30-15)8-12(14)10-21-17(24)13-5-7-16(28-2)22-19(13)29-3/h4-8,15H,9-10H2,1-3H3,(H,21,24)(H,23,25,26). The number of thioether (sulfide) groups is 1. The maximum absolute atomic E-state index is 12.6. The molecule has 9 nitrogen and oxygen atoms in total. The van der Waals surface area contributed by atoms with Gasteiger partial charge in [-0.25, -0.2) is 0 Å². The summed E-state index contributed by atoms with van der Waals surface area (Å²) in [5, 5.41) is 4.29. The Balaban J connectivity index is 1.73. The molecule has 0 bridgehead atoms. The predicted octanol–water partition coefficient (Wildman–Crippen LogP) is 1.93. The Kier molecular flexibility index (Phi) is 6.78. The fourth-order valence-electron chi connectivity index (χ4n) is 2.98. The summed E-state index contributed by atoms with van der Waals surface area (Å²) in [5.41, 5.74) is 1.86. The molecule has 0 radical (unpaired) electrons. The van der Waals surface area contributed by atoms with Crippen LogP contribution in [-0.2, 0) is 17.8 Å². The molecule has 1 aliphatic heterocycles. The highest BCUT2D eigenvalue weighted by molar-refractivity contribution is 8.15. The number of imide groups is 1. The van der Waals surface area contributed by atoms with Gasteiger partial charge in [-0.05, 0) is 24.1 Å². The van der Waals surface area contributed by atoms with Crippen LogP contribution in [0.4, 0.5) is 4.79 Å². The lowest BCUT2D eigenvalue weighted by molar-refractivity contribution is -0.118. The first-order valence-electron chi connectivity index (χ1n) is 8.99. The van der Waals surface area contributed by atoms with Gasteiger partial charge in [-0.1, -0.05) is 23.9 Å². The van der Waals surface area contributed by atoms with Crippen LogP contribution < -0.4 is 24.8 Å². The summed E-state index contributed by atoms with van der Waals surface area (Å²) in [5.74, 6) is 0.422. The zero-order valence-electron chi connectivity index (χ0n) is 16.7. The molecule has 1 aromatic carbocycles. The van der Waals surface area contributed by atoms with E-state index in [1.165, 1.54) is 21.3 Å². The molecule has 158 valence electrons. The minimum atomic E-state index is -0.469. The lowest BCUT2D eigenvalue weighted by Gasteiger charge is -2.14. The second kappa shape index (κ2) is 9.49. The lowest BCUT2D eigenvalue weighted by atomic mass is 10.0. The molecule has 0 saturated carbocycles. The minimum absolute atomic E-state index is 0.154. The van der Waals surface area contributed by atoms with Gasteiger partial charge in [0.2, 0.25) is 17.7 Å². The summed E-state index contributed by atoms with van der Waals surface area (Å²) in [4.78, 5) is 39.9. The highest BCUT2D eigenvalue weighted by Gasteiger charge is 2.31. The molecular formula is C20H21N3O6S. The molecule has 1 unspecified atom stereocenters. The third-order valence-electron chi connectivity index (χ3n) is 4.45. The van der Waals surface area contributed by atoms with Crippen molar-refractivity contribution in [3.63, 3.8) is 0 Å². The quantitative estimate of drug-likeness (QED) is 0.651. The van der Waals surface area contributed by atoms with Crippen molar-refractivity contribution in [1.29, 1.82) is 0 Å². The zero-order valence-corrected chi connectivity index (χ0v) is 17.5. The Labute approximate surface area is 177 Å². The van der Waals surface area contributed by atoms with E-state index in [1.54, 1.807) is 18.2 Å². The van der Waals surface area contributed by atoms with Gasteiger partial charge in [-0.3, -0.25) is 19.7 Å². The molecule has 0 spiro atoms. The van der Waals surface area contributed by atoms with Crippen molar-refractivity contribution in [3.8, 4) is 17.5 Å². The Bertz CT molecular complexity index is 981. The smallest absolute Gasteiger partial charge is 0.286 e. The fraction of sp³-hybridized carbons (Fsp3) is 0.300. The summed E-state index contributed by atoms with van der Waals surface area (Å²) in [6, 6.07) is 8.59. The molecule has 2 N–H and O–H groups in total. The van der Waals surface area contributed by atoms with E-state index >= 15 is 0 Å². The highest BCUT2D eigenvalue weighted by Crippen LogP contribution is 2.26. The van der Waals surface area contributed by atoms with Gasteiger partial charge in [-0.2, -0.15) is 4.98 Å². The van der Waals surface area contributed by atoms with Crippen LogP contribution in [0.1, 0.15) is 21.5 Å². The third-order valence-corrected chi connectivity index (χ3v) is 5.44. The summed E-state index contributed by atoms with van der Waals surface area (Å²) in [7, 11) is 4.44. The van der Waals surface area contributed by atoms with Crippen LogP contribution in [0.15, 0.2) is 30.3 Å². The predicted molar refractivity (Wildman–Crippen MR) is 110 cm³/mol. The molecule has 1 saturated heterocycles. The first-order chi connectivity index (χ1) is 14.4. The van der Waals surface area contributed by atoms with Crippen LogP contribution in [-0.4, -0.2) is 48.6 Å². The van der Waals surface area contributed by atoms with Crippen LogP contribution >= 0.6 is 11.8 Å². The second-order valence-electron chi connectivity index (χ2n) is 6.33. The molecule has 3 rings (SSSR count). The van der Waals surface area contributed by atoms with Gasteiger partial charge in [0.05, 0.1) is 26.6 Å². The largest absolute Gasteiger partial charge is 0.496 e. The average molecular weight is 431 g/mol.